The third-order valence-electron chi connectivity index (χ3n) is 6.51. The van der Waals surface area contributed by atoms with Crippen molar-refractivity contribution in [3.05, 3.63) is 82.5 Å². The van der Waals surface area contributed by atoms with E-state index in [0.717, 1.165) is 33.5 Å². The molecule has 2 amide bonds. The van der Waals surface area contributed by atoms with Crippen LogP contribution in [0.4, 0.5) is 15.4 Å². The minimum atomic E-state index is -0.669. The van der Waals surface area contributed by atoms with Crippen LogP contribution in [0.1, 0.15) is 54.6 Å². The average Bonchev–Trinajstić information content (AvgIpc) is 3.19. The van der Waals surface area contributed by atoms with Crippen LogP contribution >= 0.6 is 0 Å². The van der Waals surface area contributed by atoms with Gasteiger partial charge in [-0.3, -0.25) is 5.32 Å². The van der Waals surface area contributed by atoms with E-state index < -0.39 is 17.8 Å². The van der Waals surface area contributed by atoms with Gasteiger partial charge < -0.3 is 14.4 Å². The first-order valence-corrected chi connectivity index (χ1v) is 12.3. The van der Waals surface area contributed by atoms with Gasteiger partial charge in [-0.2, -0.15) is 5.26 Å². The Morgan fingerprint density at radius 3 is 2.38 bits per heavy atom. The van der Waals surface area contributed by atoms with Gasteiger partial charge in [-0.25, -0.2) is 14.6 Å². The zero-order valence-corrected chi connectivity index (χ0v) is 21.1. The third kappa shape index (κ3) is 4.98. The number of rotatable bonds is 3. The molecule has 0 unspecified atom stereocenters. The number of anilines is 1. The van der Waals surface area contributed by atoms with Crippen LogP contribution in [-0.2, 0) is 22.4 Å². The Morgan fingerprint density at radius 2 is 1.76 bits per heavy atom. The lowest BCUT2D eigenvalue weighted by molar-refractivity contribution is 0.0223. The number of amides is 2. The molecule has 8 heteroatoms. The Bertz CT molecular complexity index is 1370. The van der Waals surface area contributed by atoms with Crippen molar-refractivity contribution in [1.29, 1.82) is 5.26 Å². The Hall–Kier alpha value is -4.38. The Kier molecular flexibility index (Phi) is 6.30. The zero-order valence-electron chi connectivity index (χ0n) is 21.1. The summed E-state index contributed by atoms with van der Waals surface area (Å²) in [6, 6.07) is 20.0. The van der Waals surface area contributed by atoms with Crippen LogP contribution in [0.3, 0.4) is 0 Å². The first-order valence-electron chi connectivity index (χ1n) is 12.3. The maximum absolute atomic E-state index is 12.8. The summed E-state index contributed by atoms with van der Waals surface area (Å²) in [5.74, 6) is 0.0908. The fourth-order valence-electron chi connectivity index (χ4n) is 4.87. The number of hydrogen-bond acceptors (Lipinski definition) is 6. The summed E-state index contributed by atoms with van der Waals surface area (Å²) in [5.41, 5.74) is 5.64. The van der Waals surface area contributed by atoms with Crippen molar-refractivity contribution in [1.82, 2.24) is 9.88 Å². The van der Waals surface area contributed by atoms with Crippen LogP contribution in [0.15, 0.2) is 54.6 Å². The zero-order chi connectivity index (χ0) is 26.2. The molecule has 0 radical (unpaired) electrons. The molecule has 2 aromatic carbocycles. The van der Waals surface area contributed by atoms with Gasteiger partial charge >= 0.3 is 12.2 Å². The molecule has 2 heterocycles. The number of carbonyl (C=O) groups excluding carboxylic acids is 2. The molecule has 1 aliphatic heterocycles. The number of aromatic nitrogens is 1. The van der Waals surface area contributed by atoms with E-state index in [1.165, 1.54) is 0 Å². The Balaban J connectivity index is 1.27. The number of fused-ring (bicyclic) bond motifs is 4. The van der Waals surface area contributed by atoms with Crippen molar-refractivity contribution in [2.75, 3.05) is 18.5 Å². The van der Waals surface area contributed by atoms with Crippen molar-refractivity contribution >= 4 is 18.0 Å². The normalized spacial score (nSPS) is 14.2. The molecule has 0 spiro atoms. The van der Waals surface area contributed by atoms with Gasteiger partial charge in [0.05, 0.1) is 12.1 Å². The average molecular weight is 497 g/mol. The number of benzene rings is 2. The smallest absolute Gasteiger partial charge is 0.412 e. The highest BCUT2D eigenvalue weighted by atomic mass is 16.6. The maximum atomic E-state index is 12.8. The van der Waals surface area contributed by atoms with Crippen LogP contribution in [0, 0.1) is 11.3 Å². The summed E-state index contributed by atoms with van der Waals surface area (Å²) >= 11 is 0. The predicted molar refractivity (Wildman–Crippen MR) is 138 cm³/mol. The van der Waals surface area contributed by atoms with E-state index in [1.54, 1.807) is 11.0 Å². The minimum Gasteiger partial charge on any atom is -0.448 e. The highest BCUT2D eigenvalue weighted by Gasteiger charge is 2.30. The molecule has 3 aromatic rings. The van der Waals surface area contributed by atoms with Crippen molar-refractivity contribution in [2.24, 2.45) is 0 Å². The number of nitriles is 1. The summed E-state index contributed by atoms with van der Waals surface area (Å²) in [5, 5.41) is 12.3. The number of ether oxygens (including phenoxy) is 2. The summed E-state index contributed by atoms with van der Waals surface area (Å²) in [6.45, 7) is 6.35. The van der Waals surface area contributed by atoms with Crippen LogP contribution in [0.5, 0.6) is 0 Å². The number of pyridine rings is 1. The van der Waals surface area contributed by atoms with E-state index in [2.05, 4.69) is 40.6 Å². The van der Waals surface area contributed by atoms with Crippen LogP contribution < -0.4 is 5.32 Å². The van der Waals surface area contributed by atoms with Gasteiger partial charge in [0.25, 0.3) is 0 Å². The van der Waals surface area contributed by atoms with E-state index in [9.17, 15) is 14.9 Å². The quantitative estimate of drug-likeness (QED) is 0.506. The number of nitrogens with one attached hydrogen (secondary N) is 1. The molecular weight excluding hydrogens is 468 g/mol. The number of nitrogens with zero attached hydrogens (tertiary/aromatic N) is 3. The second-order valence-corrected chi connectivity index (χ2v) is 10.2. The van der Waals surface area contributed by atoms with Gasteiger partial charge in [-0.1, -0.05) is 48.5 Å². The standard InChI is InChI=1S/C29H28N4O4/c1-29(2,3)37-28(35)33-13-12-25-19(16-33)14-18(15-30)26(31-25)32-27(34)36-17-24-22-10-6-4-8-20(22)21-9-5-7-11-23(21)24/h4-11,14,24H,12-13,16-17H2,1-3H3,(H,31,32,34). The second-order valence-electron chi connectivity index (χ2n) is 10.2. The van der Waals surface area contributed by atoms with Gasteiger partial charge in [0, 0.05) is 24.6 Å². The molecule has 1 aromatic heterocycles. The van der Waals surface area contributed by atoms with Gasteiger partial charge in [-0.15, -0.1) is 0 Å². The van der Waals surface area contributed by atoms with E-state index in [0.29, 0.717) is 13.0 Å². The molecule has 8 nitrogen and oxygen atoms in total. The molecule has 2 aliphatic rings. The summed E-state index contributed by atoms with van der Waals surface area (Å²) in [7, 11) is 0. The van der Waals surface area contributed by atoms with E-state index >= 15 is 0 Å². The maximum Gasteiger partial charge on any atom is 0.412 e. The Morgan fingerprint density at radius 1 is 1.11 bits per heavy atom. The lowest BCUT2D eigenvalue weighted by Crippen LogP contribution is -2.40. The monoisotopic (exact) mass is 496 g/mol. The summed E-state index contributed by atoms with van der Waals surface area (Å²) in [4.78, 5) is 31.3. The summed E-state index contributed by atoms with van der Waals surface area (Å²) in [6.07, 6.45) is -0.589. The topological polar surface area (TPSA) is 105 Å². The molecule has 0 saturated carbocycles. The number of hydrogen-bond donors (Lipinski definition) is 1. The van der Waals surface area contributed by atoms with Crippen LogP contribution in [0.2, 0.25) is 0 Å². The highest BCUT2D eigenvalue weighted by Crippen LogP contribution is 2.44. The molecule has 0 fully saturated rings. The molecule has 188 valence electrons. The molecule has 5 rings (SSSR count). The second kappa shape index (κ2) is 9.58. The van der Waals surface area contributed by atoms with Gasteiger partial charge in [0.15, 0.2) is 5.82 Å². The van der Waals surface area contributed by atoms with Crippen molar-refractivity contribution in [3.8, 4) is 17.2 Å². The molecule has 0 atom stereocenters. The summed E-state index contributed by atoms with van der Waals surface area (Å²) < 4.78 is 11.1. The van der Waals surface area contributed by atoms with E-state index in [-0.39, 0.29) is 30.5 Å². The molecule has 37 heavy (non-hydrogen) atoms. The third-order valence-corrected chi connectivity index (χ3v) is 6.51. The SMILES string of the molecule is CC(C)(C)OC(=O)N1CCc2nc(NC(=O)OCC3c4ccccc4-c4ccccc43)c(C#N)cc2C1. The molecule has 1 N–H and O–H groups in total. The van der Waals surface area contributed by atoms with E-state index in [4.69, 9.17) is 9.47 Å². The highest BCUT2D eigenvalue weighted by molar-refractivity contribution is 5.85. The first-order chi connectivity index (χ1) is 17.7. The van der Waals surface area contributed by atoms with Crippen molar-refractivity contribution in [3.63, 3.8) is 0 Å². The number of carbonyl (C=O) groups is 2. The van der Waals surface area contributed by atoms with E-state index in [1.807, 2.05) is 45.0 Å². The lowest BCUT2D eigenvalue weighted by Gasteiger charge is -2.31. The minimum absolute atomic E-state index is 0.0658. The predicted octanol–water partition coefficient (Wildman–Crippen LogP) is 5.61. The largest absolute Gasteiger partial charge is 0.448 e. The molecule has 1 aliphatic carbocycles. The van der Waals surface area contributed by atoms with Gasteiger partial charge in [0.2, 0.25) is 0 Å². The van der Waals surface area contributed by atoms with Crippen LogP contribution in [0.25, 0.3) is 11.1 Å². The fraction of sp³-hybridized carbons (Fsp3) is 0.310. The molecule has 0 saturated heterocycles. The molecular formula is C29H28N4O4. The van der Waals surface area contributed by atoms with Crippen LogP contribution in [-0.4, -0.2) is 40.8 Å². The van der Waals surface area contributed by atoms with Crippen molar-refractivity contribution in [2.45, 2.75) is 45.3 Å². The van der Waals surface area contributed by atoms with Crippen molar-refractivity contribution < 1.29 is 19.1 Å². The lowest BCUT2D eigenvalue weighted by atomic mass is 9.98. The molecule has 0 bridgehead atoms. The fourth-order valence-corrected chi connectivity index (χ4v) is 4.87. The first kappa shape index (κ1) is 24.3. The van der Waals surface area contributed by atoms with Gasteiger partial charge in [0.1, 0.15) is 18.3 Å². The Labute approximate surface area is 215 Å². The van der Waals surface area contributed by atoms with Gasteiger partial charge in [-0.05, 0) is 54.7 Å².